The van der Waals surface area contributed by atoms with Gasteiger partial charge in [-0.05, 0) is 165 Å². The van der Waals surface area contributed by atoms with Gasteiger partial charge < -0.3 is 61.2 Å². The third-order valence-electron chi connectivity index (χ3n) is 20.5. The van der Waals surface area contributed by atoms with Crippen molar-refractivity contribution in [3.63, 3.8) is 0 Å². The highest BCUT2D eigenvalue weighted by Crippen LogP contribution is 2.72. The van der Waals surface area contributed by atoms with Crippen molar-refractivity contribution in [1.82, 2.24) is 45.5 Å². The van der Waals surface area contributed by atoms with Gasteiger partial charge in [0.05, 0.1) is 34.8 Å². The summed E-state index contributed by atoms with van der Waals surface area (Å²) in [6, 6.07) is 20.6. The number of aromatic carboxylic acids is 1. The molecule has 4 aliphatic carbocycles. The van der Waals surface area contributed by atoms with Crippen molar-refractivity contribution in [2.75, 3.05) is 61.0 Å². The van der Waals surface area contributed by atoms with Crippen molar-refractivity contribution < 1.29 is 72.1 Å². The SMILES string of the molecule is Cc1c(-c2ccc(N3CCc4cccc(C(=O)Nc5nc6ccccc6s5)c4C3)nc2C(=O)O)cnn1CC12CC3(C)CC(C)(C1)CC(OCCN(CCCP(=O)(O)O)C(=O)OCc1ccc(NC(=O)[C@H](CCCNC(N)=O)NC(=O)[C@@H](NC(=O)CCCCCN4C(=O)C=CC4=O)C(C)C)cc1)(C3)C2. The first kappa shape index (κ1) is 75.7. The maximum atomic E-state index is 14.0. The number of benzene rings is 3. The Morgan fingerprint density at radius 3 is 2.24 bits per heavy atom. The minimum absolute atomic E-state index is 0.00875. The standard InChI is InChI=1S/C74H92N13O15PS/c1-46(2)62(82-59(88)19-7-6-10-31-86-60(89)26-27-61(86)90)66(93)79-56(17-12-29-76-68(75)96)65(92)78-50-22-20-48(21-23-50)38-101-70(97)84(30-13-35-103(98,99)100)33-34-102-74-42-71(4)39-72(5,43-74)41-73(40-71,44-74)45-87-47(3)53(36-77-87)51-24-25-58(81-63(51)67(94)95)85-32-28-49-14-11-15-52(54(49)37-85)64(91)83-69-80-55-16-8-9-18-57(55)104-69/h8-9,11,14-16,18,20-27,36,46,56,62H,6-7,10,12-13,17,19,28-35,37-45H2,1-5H3,(H,78,92)(H,79,93)(H,82,88)(H,94,95)(H3,75,76,96)(H,80,83,91)(H2,98,99,100)/t56-,62-,71?,72?,73?,74?/m0/s1. The smallest absolute Gasteiger partial charge is 0.410 e. The number of ether oxygens (including phenoxy) is 2. The summed E-state index contributed by atoms with van der Waals surface area (Å²) >= 11 is 1.40. The number of hydrogen-bond acceptors (Lipinski definition) is 17. The minimum Gasteiger partial charge on any atom is -0.476 e. The molecule has 28 nitrogen and oxygen atoms in total. The van der Waals surface area contributed by atoms with E-state index in [1.165, 1.54) is 28.4 Å². The van der Waals surface area contributed by atoms with E-state index in [9.17, 15) is 62.6 Å². The normalized spacial score (nSPS) is 20.8. The number of pyridine rings is 1. The molecule has 4 saturated carbocycles. The van der Waals surface area contributed by atoms with Gasteiger partial charge >= 0.3 is 25.7 Å². The maximum absolute atomic E-state index is 14.0. The molecule has 30 heteroatoms. The first-order chi connectivity index (χ1) is 49.5. The zero-order valence-electron chi connectivity index (χ0n) is 59.2. The second-order valence-electron chi connectivity index (χ2n) is 29.7. The summed E-state index contributed by atoms with van der Waals surface area (Å²) in [7, 11) is -4.42. The van der Waals surface area contributed by atoms with Gasteiger partial charge in [0.25, 0.3) is 17.7 Å². The molecule has 10 N–H and O–H groups in total. The van der Waals surface area contributed by atoms with E-state index in [2.05, 4.69) is 45.4 Å². The highest BCUT2D eigenvalue weighted by molar-refractivity contribution is 7.51. The van der Waals surface area contributed by atoms with Crippen molar-refractivity contribution in [2.45, 2.75) is 162 Å². The number of anilines is 3. The molecule has 9 amide bonds. The van der Waals surface area contributed by atoms with Crippen LogP contribution in [0.2, 0.25) is 0 Å². The molecular formula is C74H92N13O15PS. The van der Waals surface area contributed by atoms with Crippen LogP contribution in [0.4, 0.5) is 26.2 Å². The molecule has 2 aliphatic heterocycles. The lowest BCUT2D eigenvalue weighted by atomic mass is 9.39. The zero-order valence-corrected chi connectivity index (χ0v) is 61.0. The molecule has 4 fully saturated rings. The fraction of sp³-hybridized carbons (Fsp3) is 0.486. The van der Waals surface area contributed by atoms with Crippen molar-refractivity contribution in [3.8, 4) is 11.1 Å². The van der Waals surface area contributed by atoms with Gasteiger partial charge in [0, 0.05) is 92.5 Å². The molecule has 3 aromatic heterocycles. The monoisotopic (exact) mass is 1470 g/mol. The van der Waals surface area contributed by atoms with Crippen molar-refractivity contribution in [3.05, 3.63) is 131 Å². The number of unbranched alkanes of at least 4 members (excludes halogenated alkanes) is 2. The van der Waals surface area contributed by atoms with Crippen molar-refractivity contribution in [2.24, 2.45) is 27.9 Å². The second kappa shape index (κ2) is 31.9. The molecule has 6 aromatic rings. The van der Waals surface area contributed by atoms with Crippen LogP contribution in [-0.4, -0.2) is 161 Å². The number of primary amides is 1. The van der Waals surface area contributed by atoms with Crippen LogP contribution in [0, 0.1) is 29.1 Å². The quantitative estimate of drug-likeness (QED) is 0.0105. The van der Waals surface area contributed by atoms with Gasteiger partial charge in [0.15, 0.2) is 10.8 Å². The topological polar surface area (TPSA) is 389 Å². The van der Waals surface area contributed by atoms with E-state index in [0.29, 0.717) is 90.6 Å². The number of imide groups is 1. The molecule has 6 aliphatic rings. The molecule has 2 unspecified atom stereocenters. The molecule has 554 valence electrons. The van der Waals surface area contributed by atoms with Gasteiger partial charge in [-0.1, -0.05) is 81.9 Å². The number of nitrogens with zero attached hydrogens (tertiary/aromatic N) is 7. The van der Waals surface area contributed by atoms with Crippen LogP contribution in [0.15, 0.2) is 97.2 Å². The number of carbonyl (C=O) groups excluding carboxylic acids is 8. The minimum atomic E-state index is -4.42. The fourth-order valence-corrected chi connectivity index (χ4v) is 18.3. The second-order valence-corrected chi connectivity index (χ2v) is 32.5. The summed E-state index contributed by atoms with van der Waals surface area (Å²) in [5.41, 5.74) is 10.1. The first-order valence-electron chi connectivity index (χ1n) is 35.4. The highest BCUT2D eigenvalue weighted by Gasteiger charge is 2.66. The van der Waals surface area contributed by atoms with E-state index in [1.54, 1.807) is 56.4 Å². The number of carboxylic acid groups (broad SMARTS) is 1. The summed E-state index contributed by atoms with van der Waals surface area (Å²) in [5, 5.41) is 30.0. The first-order valence-corrected chi connectivity index (χ1v) is 38.0. The Balaban J connectivity index is 0.701. The number of hydrogen-bond donors (Lipinski definition) is 9. The van der Waals surface area contributed by atoms with Crippen LogP contribution in [0.5, 0.6) is 0 Å². The van der Waals surface area contributed by atoms with Gasteiger partial charge in [-0.3, -0.25) is 48.2 Å². The van der Waals surface area contributed by atoms with Crippen LogP contribution in [-0.2, 0) is 64.1 Å². The number of fused-ring (bicyclic) bond motifs is 2. The molecule has 12 rings (SSSR count). The number of carboxylic acids is 1. The number of urea groups is 1. The van der Waals surface area contributed by atoms with E-state index in [0.717, 1.165) is 64.0 Å². The van der Waals surface area contributed by atoms with E-state index >= 15 is 0 Å². The molecule has 5 heterocycles. The van der Waals surface area contributed by atoms with E-state index in [4.69, 9.17) is 25.3 Å². The number of nitrogens with two attached hydrogens (primary N) is 1. The van der Waals surface area contributed by atoms with E-state index in [-0.39, 0.29) is 117 Å². The van der Waals surface area contributed by atoms with E-state index < -0.39 is 61.4 Å². The number of nitrogens with one attached hydrogen (secondary N) is 5. The number of para-hydroxylation sites is 1. The maximum Gasteiger partial charge on any atom is 0.410 e. The predicted molar refractivity (Wildman–Crippen MR) is 389 cm³/mol. The van der Waals surface area contributed by atoms with Gasteiger partial charge in [-0.2, -0.15) is 5.10 Å². The zero-order chi connectivity index (χ0) is 74.3. The molecule has 0 spiro atoms. The Hall–Kier alpha value is -9.41. The fourth-order valence-electron chi connectivity index (χ4n) is 16.9. The Bertz CT molecular complexity index is 4270. The number of carbonyl (C=O) groups is 9. The van der Waals surface area contributed by atoms with Gasteiger partial charge in [0.1, 0.15) is 24.5 Å². The summed E-state index contributed by atoms with van der Waals surface area (Å²) in [6.07, 6.45) is 10.6. The number of thiazole rings is 1. The molecule has 3 aromatic carbocycles. The molecular weight excluding hydrogens is 1370 g/mol. The number of amides is 9. The largest absolute Gasteiger partial charge is 0.476 e. The van der Waals surface area contributed by atoms with E-state index in [1.807, 2.05) is 59.0 Å². The summed E-state index contributed by atoms with van der Waals surface area (Å²) < 4.78 is 27.9. The van der Waals surface area contributed by atoms with Crippen molar-refractivity contribution in [1.29, 1.82) is 0 Å². The molecule has 4 bridgehead atoms. The lowest BCUT2D eigenvalue weighted by Crippen LogP contribution is -2.64. The van der Waals surface area contributed by atoms with Crippen LogP contribution < -0.4 is 37.2 Å². The third kappa shape index (κ3) is 18.6. The van der Waals surface area contributed by atoms with Crippen LogP contribution in [0.3, 0.4) is 0 Å². The third-order valence-corrected chi connectivity index (χ3v) is 22.4. The average molecular weight is 1470 g/mol. The lowest BCUT2D eigenvalue weighted by molar-refractivity contribution is -0.248. The Kier molecular flexibility index (Phi) is 23.2. The summed E-state index contributed by atoms with van der Waals surface area (Å²) in [6.45, 7) is 11.8. The Morgan fingerprint density at radius 1 is 0.798 bits per heavy atom. The van der Waals surface area contributed by atoms with Gasteiger partial charge in [0.2, 0.25) is 17.7 Å². The molecule has 0 saturated heterocycles. The molecule has 0 radical (unpaired) electrons. The van der Waals surface area contributed by atoms with Crippen molar-refractivity contribution >= 4 is 99.3 Å². The summed E-state index contributed by atoms with van der Waals surface area (Å²) in [5.74, 6) is -3.70. The van der Waals surface area contributed by atoms with Crippen LogP contribution >= 0.6 is 18.9 Å². The molecule has 4 atom stereocenters. The van der Waals surface area contributed by atoms with Gasteiger partial charge in [-0.25, -0.2) is 24.4 Å². The van der Waals surface area contributed by atoms with Crippen LogP contribution in [0.25, 0.3) is 21.3 Å². The predicted octanol–water partition coefficient (Wildman–Crippen LogP) is 9.22. The van der Waals surface area contributed by atoms with Gasteiger partial charge in [-0.15, -0.1) is 0 Å². The average Bonchev–Trinajstić information content (AvgIpc) is 0.716. The summed E-state index contributed by atoms with van der Waals surface area (Å²) in [4.78, 5) is 151. The Labute approximate surface area is 606 Å². The Morgan fingerprint density at radius 2 is 1.54 bits per heavy atom. The number of rotatable bonds is 33. The molecule has 104 heavy (non-hydrogen) atoms. The lowest BCUT2D eigenvalue weighted by Gasteiger charge is -2.69. The van der Waals surface area contributed by atoms with Crippen LogP contribution in [0.1, 0.15) is 154 Å². The highest BCUT2D eigenvalue weighted by atomic mass is 32.1. The number of aromatic nitrogens is 4.